The number of aromatic nitrogens is 2. The molecule has 1 aliphatic heterocycles. The molecule has 1 atom stereocenters. The average molecular weight is 394 g/mol. The van der Waals surface area contributed by atoms with E-state index < -0.39 is 0 Å². The number of ether oxygens (including phenoxy) is 1. The number of rotatable bonds is 5. The van der Waals surface area contributed by atoms with Gasteiger partial charge in [-0.05, 0) is 60.2 Å². The fourth-order valence-electron chi connectivity index (χ4n) is 3.52. The molecule has 1 aromatic heterocycles. The first kappa shape index (κ1) is 18.6. The van der Waals surface area contributed by atoms with Crippen LogP contribution in [0.2, 0.25) is 0 Å². The van der Waals surface area contributed by atoms with E-state index in [4.69, 9.17) is 4.74 Å². The van der Waals surface area contributed by atoms with Crippen molar-refractivity contribution in [1.82, 2.24) is 15.1 Å². The maximum Gasteiger partial charge on any atom is 0.269 e. The highest BCUT2D eigenvalue weighted by Crippen LogP contribution is 2.33. The number of hydrogen-bond donors (Lipinski definition) is 1. The zero-order valence-electron chi connectivity index (χ0n) is 16.2. The molecule has 144 valence electrons. The monoisotopic (exact) mass is 393 g/mol. The number of thioether (sulfide) groups is 1. The van der Waals surface area contributed by atoms with Crippen LogP contribution in [0.5, 0.6) is 5.75 Å². The number of hydrogen-bond acceptors (Lipinski definition) is 4. The molecule has 6 heteroatoms. The summed E-state index contributed by atoms with van der Waals surface area (Å²) in [5.74, 6) is 0.775. The molecule has 0 saturated carbocycles. The maximum absolute atomic E-state index is 12.4. The van der Waals surface area contributed by atoms with Gasteiger partial charge in [0, 0.05) is 18.4 Å². The molecule has 0 saturated heterocycles. The number of fused-ring (bicyclic) bond motifs is 1. The van der Waals surface area contributed by atoms with E-state index in [9.17, 15) is 4.79 Å². The van der Waals surface area contributed by atoms with Gasteiger partial charge in [-0.2, -0.15) is 5.10 Å². The van der Waals surface area contributed by atoms with Crippen LogP contribution in [0.3, 0.4) is 0 Å². The summed E-state index contributed by atoms with van der Waals surface area (Å²) in [4.78, 5) is 13.6. The summed E-state index contributed by atoms with van der Waals surface area (Å²) in [5, 5.41) is 7.18. The summed E-state index contributed by atoms with van der Waals surface area (Å²) in [6, 6.07) is 16.7. The first-order valence-electron chi connectivity index (χ1n) is 9.26. The molecule has 4 rings (SSSR count). The zero-order valence-corrected chi connectivity index (χ0v) is 17.0. The quantitative estimate of drug-likeness (QED) is 0.669. The number of carbonyl (C=O) groups is 1. The molecule has 3 aromatic rings. The van der Waals surface area contributed by atoms with Gasteiger partial charge in [-0.25, -0.2) is 0 Å². The van der Waals surface area contributed by atoms with Crippen LogP contribution in [0.25, 0.3) is 11.1 Å². The second kappa shape index (κ2) is 7.72. The Kier molecular flexibility index (Phi) is 5.13. The molecule has 0 fully saturated rings. The molecule has 1 N–H and O–H groups in total. The third-order valence-corrected chi connectivity index (χ3v) is 5.69. The van der Waals surface area contributed by atoms with Crippen molar-refractivity contribution in [2.75, 3.05) is 12.8 Å². The normalized spacial score (nSPS) is 15.2. The number of nitrogens with zero attached hydrogens (tertiary/aromatic N) is 2. The average Bonchev–Trinajstić information content (AvgIpc) is 3.27. The standard InChI is InChI=1S/C22H23N3O2S/c1-14-10-20(25(2)24-14)22(26)23-13-18-12-17-11-16(6-9-21(17)27-18)15-4-7-19(28-3)8-5-15/h4-11,18H,12-13H2,1-3H3,(H,23,26). The Labute approximate surface area is 169 Å². The Morgan fingerprint density at radius 2 is 1.96 bits per heavy atom. The van der Waals surface area contributed by atoms with Crippen LogP contribution in [0, 0.1) is 6.92 Å². The van der Waals surface area contributed by atoms with E-state index in [2.05, 4.69) is 53.1 Å². The van der Waals surface area contributed by atoms with Gasteiger partial charge in [-0.15, -0.1) is 11.8 Å². The first-order valence-corrected chi connectivity index (χ1v) is 10.5. The molecule has 1 amide bonds. The number of aryl methyl sites for hydroxylation is 2. The summed E-state index contributed by atoms with van der Waals surface area (Å²) < 4.78 is 7.62. The van der Waals surface area contributed by atoms with Crippen molar-refractivity contribution in [1.29, 1.82) is 0 Å². The molecule has 0 aliphatic carbocycles. The minimum Gasteiger partial charge on any atom is -0.488 e. The fraction of sp³-hybridized carbons (Fsp3) is 0.273. The van der Waals surface area contributed by atoms with Crippen LogP contribution in [0.1, 0.15) is 21.7 Å². The summed E-state index contributed by atoms with van der Waals surface area (Å²) in [5.41, 5.74) is 4.95. The van der Waals surface area contributed by atoms with Gasteiger partial charge < -0.3 is 10.1 Å². The molecule has 0 spiro atoms. The van der Waals surface area contributed by atoms with E-state index in [1.807, 2.05) is 13.0 Å². The highest BCUT2D eigenvalue weighted by atomic mass is 32.2. The predicted octanol–water partition coefficient (Wildman–Crippen LogP) is 3.85. The van der Waals surface area contributed by atoms with Gasteiger partial charge in [0.1, 0.15) is 17.5 Å². The molecule has 1 unspecified atom stereocenters. The molecule has 0 bridgehead atoms. The SMILES string of the molecule is CSc1ccc(-c2ccc3c(c2)CC(CNC(=O)c2cc(C)nn2C)O3)cc1. The van der Waals surface area contributed by atoms with E-state index in [-0.39, 0.29) is 12.0 Å². The van der Waals surface area contributed by atoms with Crippen LogP contribution in [0.15, 0.2) is 53.4 Å². The molecule has 1 aliphatic rings. The zero-order chi connectivity index (χ0) is 19.7. The Hall–Kier alpha value is -2.73. The molecule has 2 heterocycles. The van der Waals surface area contributed by atoms with E-state index >= 15 is 0 Å². The lowest BCUT2D eigenvalue weighted by molar-refractivity contribution is 0.0924. The maximum atomic E-state index is 12.4. The molecular formula is C22H23N3O2S. The summed E-state index contributed by atoms with van der Waals surface area (Å²) in [6.45, 7) is 2.34. The van der Waals surface area contributed by atoms with Crippen molar-refractivity contribution in [2.45, 2.75) is 24.3 Å². The smallest absolute Gasteiger partial charge is 0.269 e. The fourth-order valence-corrected chi connectivity index (χ4v) is 3.93. The van der Waals surface area contributed by atoms with Crippen LogP contribution >= 0.6 is 11.8 Å². The predicted molar refractivity (Wildman–Crippen MR) is 112 cm³/mol. The van der Waals surface area contributed by atoms with Gasteiger partial charge in [0.05, 0.1) is 12.2 Å². The van der Waals surface area contributed by atoms with Crippen molar-refractivity contribution < 1.29 is 9.53 Å². The van der Waals surface area contributed by atoms with Crippen molar-refractivity contribution in [3.63, 3.8) is 0 Å². The van der Waals surface area contributed by atoms with Gasteiger partial charge in [0.15, 0.2) is 0 Å². The van der Waals surface area contributed by atoms with Gasteiger partial charge in [-0.3, -0.25) is 9.48 Å². The largest absolute Gasteiger partial charge is 0.488 e. The minimum absolute atomic E-state index is 0.0533. The van der Waals surface area contributed by atoms with Crippen molar-refractivity contribution in [2.24, 2.45) is 7.05 Å². The topological polar surface area (TPSA) is 56.2 Å². The summed E-state index contributed by atoms with van der Waals surface area (Å²) in [7, 11) is 1.77. The second-order valence-electron chi connectivity index (χ2n) is 7.00. The van der Waals surface area contributed by atoms with Gasteiger partial charge in [0.25, 0.3) is 5.91 Å². The molecular weight excluding hydrogens is 370 g/mol. The number of nitrogens with one attached hydrogen (secondary N) is 1. The second-order valence-corrected chi connectivity index (χ2v) is 7.88. The number of carbonyl (C=O) groups excluding carboxylic acids is 1. The lowest BCUT2D eigenvalue weighted by Gasteiger charge is -2.11. The molecule has 0 radical (unpaired) electrons. The molecule has 5 nitrogen and oxygen atoms in total. The Bertz CT molecular complexity index is 1010. The first-order chi connectivity index (χ1) is 13.5. The lowest BCUT2D eigenvalue weighted by atomic mass is 10.0. The highest BCUT2D eigenvalue weighted by molar-refractivity contribution is 7.98. The third-order valence-electron chi connectivity index (χ3n) is 4.95. The van der Waals surface area contributed by atoms with Crippen molar-refractivity contribution in [3.8, 4) is 16.9 Å². The molecule has 2 aromatic carbocycles. The number of amides is 1. The van der Waals surface area contributed by atoms with Crippen LogP contribution in [-0.4, -0.2) is 34.6 Å². The Balaban J connectivity index is 1.40. The van der Waals surface area contributed by atoms with Gasteiger partial charge in [0.2, 0.25) is 0 Å². The van der Waals surface area contributed by atoms with Crippen LogP contribution < -0.4 is 10.1 Å². The lowest BCUT2D eigenvalue weighted by Crippen LogP contribution is -2.35. The van der Waals surface area contributed by atoms with E-state index in [0.29, 0.717) is 12.2 Å². The van der Waals surface area contributed by atoms with Crippen molar-refractivity contribution >= 4 is 17.7 Å². The summed E-state index contributed by atoms with van der Waals surface area (Å²) in [6.07, 6.45) is 2.81. The van der Waals surface area contributed by atoms with E-state index in [0.717, 1.165) is 17.9 Å². The summed E-state index contributed by atoms with van der Waals surface area (Å²) >= 11 is 1.74. The van der Waals surface area contributed by atoms with E-state index in [1.54, 1.807) is 29.6 Å². The molecule has 28 heavy (non-hydrogen) atoms. The Morgan fingerprint density at radius 3 is 2.64 bits per heavy atom. The minimum atomic E-state index is -0.128. The van der Waals surface area contributed by atoms with Gasteiger partial charge >= 0.3 is 0 Å². The highest BCUT2D eigenvalue weighted by Gasteiger charge is 2.24. The third kappa shape index (κ3) is 3.78. The van der Waals surface area contributed by atoms with E-state index in [1.165, 1.54) is 21.6 Å². The van der Waals surface area contributed by atoms with Crippen LogP contribution in [0.4, 0.5) is 0 Å². The van der Waals surface area contributed by atoms with Crippen molar-refractivity contribution in [3.05, 3.63) is 65.5 Å². The van der Waals surface area contributed by atoms with Gasteiger partial charge in [-0.1, -0.05) is 18.2 Å². The Morgan fingerprint density at radius 1 is 1.21 bits per heavy atom. The number of benzene rings is 2. The van der Waals surface area contributed by atoms with Crippen LogP contribution in [-0.2, 0) is 13.5 Å².